The monoisotopic (exact) mass is 785 g/mol. The lowest BCUT2D eigenvalue weighted by molar-refractivity contribution is -0.628. The number of nitrogens with zero attached hydrogens (tertiary/aromatic N) is 11. The Labute approximate surface area is 338 Å². The van der Waals surface area contributed by atoms with Crippen LogP contribution in [0, 0.1) is 0 Å². The van der Waals surface area contributed by atoms with Crippen LogP contribution in [-0.2, 0) is 16.0 Å². The van der Waals surface area contributed by atoms with E-state index in [1.807, 2.05) is 124 Å². The van der Waals surface area contributed by atoms with Crippen molar-refractivity contribution in [2.24, 2.45) is 35.5 Å². The molecule has 16 heteroatoms. The lowest BCUT2D eigenvalue weighted by atomic mass is 9.96. The summed E-state index contributed by atoms with van der Waals surface area (Å²) in [7, 11) is 3.53. The third-order valence-electron chi connectivity index (χ3n) is 8.07. The van der Waals surface area contributed by atoms with Gasteiger partial charge >= 0.3 is 0 Å². The fourth-order valence-electron chi connectivity index (χ4n) is 5.55. The van der Waals surface area contributed by atoms with Crippen molar-refractivity contribution >= 4 is 52.0 Å². The summed E-state index contributed by atoms with van der Waals surface area (Å²) in [6.07, 6.45) is 15.1. The van der Waals surface area contributed by atoms with E-state index >= 15 is 0 Å². The summed E-state index contributed by atoms with van der Waals surface area (Å²) in [6, 6.07) is 7.74. The summed E-state index contributed by atoms with van der Waals surface area (Å²) in [5, 5.41) is 25.7. The van der Waals surface area contributed by atoms with E-state index in [0.29, 0.717) is 12.6 Å². The summed E-state index contributed by atoms with van der Waals surface area (Å²) in [4.78, 5) is 41.9. The molecular weight excluding hydrogens is 723 g/mol. The number of carbonyl (C=O) groups is 3. The molecule has 0 fully saturated rings. The van der Waals surface area contributed by atoms with Gasteiger partial charge in [-0.1, -0.05) is 75.7 Å². The second-order valence-corrected chi connectivity index (χ2v) is 13.0. The highest BCUT2D eigenvalue weighted by molar-refractivity contribution is 6.06. The van der Waals surface area contributed by atoms with E-state index < -0.39 is 0 Å². The third kappa shape index (κ3) is 16.0. The van der Waals surface area contributed by atoms with Crippen LogP contribution < -0.4 is 11.0 Å². The molecule has 2 atom stereocenters. The Bertz CT molecular complexity index is 1830. The van der Waals surface area contributed by atoms with Crippen molar-refractivity contribution in [3.05, 3.63) is 71.8 Å². The first-order valence-electron chi connectivity index (χ1n) is 19.5. The molecule has 0 spiro atoms. The molecule has 8 aliphatic rings. The number of rotatable bonds is 0. The van der Waals surface area contributed by atoms with Crippen molar-refractivity contribution in [3.8, 4) is 0 Å². The van der Waals surface area contributed by atoms with Crippen LogP contribution in [0.2, 0.25) is 0 Å². The van der Waals surface area contributed by atoms with Crippen LogP contribution >= 0.6 is 0 Å². The van der Waals surface area contributed by atoms with Gasteiger partial charge in [-0.3, -0.25) is 24.8 Å². The van der Waals surface area contributed by atoms with Gasteiger partial charge in [0.2, 0.25) is 12.1 Å². The first kappa shape index (κ1) is 47.2. The summed E-state index contributed by atoms with van der Waals surface area (Å²) >= 11 is 0. The lowest BCUT2D eigenvalue weighted by Crippen LogP contribution is -2.33. The van der Waals surface area contributed by atoms with Gasteiger partial charge in [0.25, 0.3) is 0 Å². The molecule has 1 aromatic carbocycles. The second kappa shape index (κ2) is 24.6. The number of fused-ring (bicyclic) bond motifs is 3. The van der Waals surface area contributed by atoms with Gasteiger partial charge in [-0.05, 0) is 78.2 Å². The predicted octanol–water partition coefficient (Wildman–Crippen LogP) is 6.46. The number of amides is 1. The van der Waals surface area contributed by atoms with Gasteiger partial charge in [-0.25, -0.2) is 15.0 Å². The zero-order valence-electron chi connectivity index (χ0n) is 35.8. The molecule has 16 nitrogen and oxygen atoms in total. The molecule has 1 amide bonds. The molecule has 2 aliphatic carbocycles. The Morgan fingerprint density at radius 2 is 1.46 bits per heavy atom. The van der Waals surface area contributed by atoms with Crippen LogP contribution in [-0.4, -0.2) is 105 Å². The summed E-state index contributed by atoms with van der Waals surface area (Å²) < 4.78 is 0. The van der Waals surface area contributed by atoms with E-state index in [0.717, 1.165) is 72.2 Å². The number of allylic oxidation sites excluding steroid dienone is 6. The summed E-state index contributed by atoms with van der Waals surface area (Å²) in [5.41, 5.74) is 12.3. The number of hydrazone groups is 4. The summed E-state index contributed by atoms with van der Waals surface area (Å²) in [6.45, 7) is 20.6. The average molecular weight is 785 g/mol. The molecule has 0 saturated carbocycles. The van der Waals surface area contributed by atoms with Crippen LogP contribution in [0.5, 0.6) is 0 Å². The number of amidine groups is 2. The maximum Gasteiger partial charge on any atom is 0.248 e. The smallest absolute Gasteiger partial charge is 0.248 e. The largest absolute Gasteiger partial charge is 0.290 e. The number of azo groups is 1. The number of aliphatic imine (C=N–C) groups is 2. The molecule has 2 unspecified atom stereocenters. The van der Waals surface area contributed by atoms with E-state index in [-0.39, 0.29) is 23.6 Å². The Balaban J connectivity index is 0.000000234. The van der Waals surface area contributed by atoms with Gasteiger partial charge in [-0.2, -0.15) is 20.4 Å². The van der Waals surface area contributed by atoms with E-state index in [2.05, 4.69) is 46.5 Å². The third-order valence-corrected chi connectivity index (χ3v) is 8.07. The van der Waals surface area contributed by atoms with Crippen molar-refractivity contribution in [1.82, 2.24) is 26.1 Å². The quantitative estimate of drug-likeness (QED) is 0.284. The highest BCUT2D eigenvalue weighted by Crippen LogP contribution is 2.18. The zero-order valence-corrected chi connectivity index (χ0v) is 35.8. The lowest BCUT2D eigenvalue weighted by Gasteiger charge is -2.11. The van der Waals surface area contributed by atoms with Crippen LogP contribution in [0.15, 0.2) is 96.2 Å². The molecule has 9 rings (SSSR count). The zero-order chi connectivity index (χ0) is 42.5. The number of ketones is 2. The van der Waals surface area contributed by atoms with Gasteiger partial charge in [0.05, 0.1) is 13.0 Å². The molecule has 1 aromatic rings. The van der Waals surface area contributed by atoms with Crippen LogP contribution in [0.3, 0.4) is 0 Å². The number of hydrogen-bond donors (Lipinski definition) is 2. The number of nitrogens with one attached hydrogen (secondary N) is 2. The molecule has 308 valence electrons. The molecule has 6 aliphatic heterocycles. The van der Waals surface area contributed by atoms with Crippen molar-refractivity contribution in [2.75, 3.05) is 20.6 Å². The van der Waals surface area contributed by atoms with Gasteiger partial charge in [0.15, 0.2) is 18.6 Å². The van der Waals surface area contributed by atoms with E-state index in [4.69, 9.17) is 0 Å². The number of hydrazine groups is 2. The minimum Gasteiger partial charge on any atom is -0.290 e. The maximum atomic E-state index is 11.2. The summed E-state index contributed by atoms with van der Waals surface area (Å²) in [5.74, 6) is 2.19. The Morgan fingerprint density at radius 3 is 1.93 bits per heavy atom. The predicted molar refractivity (Wildman–Crippen MR) is 230 cm³/mol. The van der Waals surface area contributed by atoms with Crippen molar-refractivity contribution < 1.29 is 19.2 Å². The Kier molecular flexibility index (Phi) is 20.3. The normalized spacial score (nSPS) is 20.7. The van der Waals surface area contributed by atoms with Gasteiger partial charge in [0.1, 0.15) is 17.8 Å². The topological polar surface area (TPSA) is 175 Å². The minimum atomic E-state index is 0.0856. The first-order valence-corrected chi connectivity index (χ1v) is 19.5. The van der Waals surface area contributed by atoms with Crippen molar-refractivity contribution in [1.29, 1.82) is 0 Å². The molecule has 6 heterocycles. The van der Waals surface area contributed by atoms with Crippen molar-refractivity contribution in [3.63, 3.8) is 0 Å². The Hall–Kier alpha value is -5.93. The average Bonchev–Trinajstić information content (AvgIpc) is 4.05. The van der Waals surface area contributed by atoms with Crippen LogP contribution in [0.25, 0.3) is 0 Å². The Morgan fingerprint density at radius 1 is 0.789 bits per heavy atom. The first-order chi connectivity index (χ1) is 27.3. The molecular formula is C41H62N13O3+. The van der Waals surface area contributed by atoms with Crippen LogP contribution in [0.1, 0.15) is 111 Å². The highest BCUT2D eigenvalue weighted by atomic mass is 16.2. The van der Waals surface area contributed by atoms with Gasteiger partial charge in [0, 0.05) is 58.2 Å². The molecule has 0 bridgehead atoms. The SMILES string of the molecule is CC.CC.CC1=NC(C)=NC1.CC1=NN(C)C(=O)C1.CC1=NN2C(C)=NNC2C1.CC1=NN2N[N+](C)=NC2C1.O=C1C=CCC=C1.O=C1C=CCc2ccccc21. The minimum absolute atomic E-state index is 0.0856. The highest BCUT2D eigenvalue weighted by Gasteiger charge is 2.34. The number of carbonyl (C=O) groups excluding carboxylic acids is 3. The standard InChI is InChI=1S/C10H8O.C6H10N4.C6H6O.C5H10N5.C5H8N2O.C5H8N2.2C2H6/c11-10-7-3-5-8-4-1-2-6-9(8)10;1-4-3-6-8-7-5(2)10(6)9-4;7-6-4-2-1-3-5-6;1-4-3-5-7-9(2)8-10(5)6-4;1-4-3-5(8)7(2)6-4;1-4-3-6-5(2)7-4;2*1-2/h1-4,6-7H,5H2;6,8H,3H2,1-2H3;2-5H,1H2;5H,3H2,1-2H3,(H,7,8);3H2,1-2H3;3H2,1-2H3;2*1-2H3/q;;;+1;;;;. The fraction of sp³-hybridized carbons (Fsp3) is 0.488. The van der Waals surface area contributed by atoms with Crippen molar-refractivity contribution in [2.45, 2.75) is 114 Å². The molecule has 57 heavy (non-hydrogen) atoms. The number of benzene rings is 1. The fourth-order valence-corrected chi connectivity index (χ4v) is 5.55. The van der Waals surface area contributed by atoms with E-state index in [1.54, 1.807) is 35.2 Å². The maximum absolute atomic E-state index is 11.2. The molecule has 0 radical (unpaired) electrons. The van der Waals surface area contributed by atoms with Gasteiger partial charge < -0.3 is 0 Å². The number of hydrogen-bond acceptors (Lipinski definition) is 14. The molecule has 2 N–H and O–H groups in total. The molecule has 0 saturated heterocycles. The van der Waals surface area contributed by atoms with E-state index in [9.17, 15) is 14.4 Å². The van der Waals surface area contributed by atoms with Crippen LogP contribution in [0.4, 0.5) is 0 Å². The van der Waals surface area contributed by atoms with E-state index in [1.165, 1.54) is 10.7 Å². The second-order valence-electron chi connectivity index (χ2n) is 13.0. The molecule has 0 aromatic heterocycles. The van der Waals surface area contributed by atoms with Gasteiger partial charge in [-0.15, -0.1) is 5.12 Å².